The molecular weight excluding hydrogens is 180 g/mol. The zero-order chi connectivity index (χ0) is 9.03. The van der Waals surface area contributed by atoms with Crippen LogP contribution in [-0.4, -0.2) is 13.0 Å². The van der Waals surface area contributed by atoms with Crippen molar-refractivity contribution in [1.82, 2.24) is 10.0 Å². The van der Waals surface area contributed by atoms with Crippen LogP contribution in [0.15, 0.2) is 36.3 Å². The first-order valence-electron chi connectivity index (χ1n) is 3.13. The second-order valence-corrected chi connectivity index (χ2v) is 3.20. The van der Waals surface area contributed by atoms with Crippen LogP contribution in [0.1, 0.15) is 0 Å². The van der Waals surface area contributed by atoms with Crippen LogP contribution in [0.4, 0.5) is 0 Å². The molecular formula is C6H8N2O3S. The molecule has 0 saturated carbocycles. The van der Waals surface area contributed by atoms with Crippen LogP contribution in [0.3, 0.4) is 0 Å². The molecule has 0 aromatic heterocycles. The van der Waals surface area contributed by atoms with Gasteiger partial charge in [0, 0.05) is 6.20 Å². The van der Waals surface area contributed by atoms with Gasteiger partial charge in [0.2, 0.25) is 0 Å². The lowest BCUT2D eigenvalue weighted by Crippen LogP contribution is -2.28. The Morgan fingerprint density at radius 2 is 2.08 bits per heavy atom. The third-order valence-corrected chi connectivity index (χ3v) is 1.54. The normalized spacial score (nSPS) is 16.2. The maximum atomic E-state index is 10.3. The number of hydrogen-bond donors (Lipinski definition) is 3. The molecule has 0 spiro atoms. The second-order valence-electron chi connectivity index (χ2n) is 2.05. The van der Waals surface area contributed by atoms with E-state index < -0.39 is 10.3 Å². The van der Waals surface area contributed by atoms with E-state index in [1.54, 1.807) is 18.2 Å². The van der Waals surface area contributed by atoms with Crippen molar-refractivity contribution < 1.29 is 13.0 Å². The van der Waals surface area contributed by atoms with Crippen LogP contribution in [0.5, 0.6) is 0 Å². The molecule has 0 atom stereocenters. The smallest absolute Gasteiger partial charge is 0.348 e. The summed E-state index contributed by atoms with van der Waals surface area (Å²) < 4.78 is 30.9. The Hall–Kier alpha value is -1.27. The highest BCUT2D eigenvalue weighted by molar-refractivity contribution is 7.83. The predicted octanol–water partition coefficient (Wildman–Crippen LogP) is -0.107. The lowest BCUT2D eigenvalue weighted by atomic mass is 10.5. The highest BCUT2D eigenvalue weighted by Gasteiger charge is 2.04. The number of allylic oxidation sites excluding steroid dienone is 4. The van der Waals surface area contributed by atoms with E-state index >= 15 is 0 Å². The Kier molecular flexibility index (Phi) is 2.51. The third-order valence-electron chi connectivity index (χ3n) is 1.06. The van der Waals surface area contributed by atoms with Crippen LogP contribution >= 0.6 is 0 Å². The Morgan fingerprint density at radius 3 is 2.75 bits per heavy atom. The highest BCUT2D eigenvalue weighted by Crippen LogP contribution is 1.92. The van der Waals surface area contributed by atoms with Crippen LogP contribution in [0.2, 0.25) is 0 Å². The number of hydrogen-bond acceptors (Lipinski definition) is 3. The van der Waals surface area contributed by atoms with Gasteiger partial charge in [-0.1, -0.05) is 12.2 Å². The molecule has 0 bridgehead atoms. The van der Waals surface area contributed by atoms with E-state index in [0.717, 1.165) is 0 Å². The van der Waals surface area contributed by atoms with Crippen molar-refractivity contribution >= 4 is 10.3 Å². The molecule has 1 rings (SSSR count). The standard InChI is InChI=1S/C6H8N2O3S/c9-12(10,11)8-6-4-2-1-3-5-7-6/h1-5,7-8H,(H,9,10,11). The van der Waals surface area contributed by atoms with Crippen molar-refractivity contribution in [1.29, 1.82) is 0 Å². The average molecular weight is 188 g/mol. The highest BCUT2D eigenvalue weighted by atomic mass is 32.2. The van der Waals surface area contributed by atoms with E-state index in [9.17, 15) is 8.42 Å². The molecule has 3 N–H and O–H groups in total. The molecule has 0 aromatic rings. The first kappa shape index (κ1) is 8.82. The molecule has 0 radical (unpaired) electrons. The molecule has 0 aliphatic carbocycles. The van der Waals surface area contributed by atoms with E-state index in [-0.39, 0.29) is 5.82 Å². The van der Waals surface area contributed by atoms with Gasteiger partial charge in [-0.05, 0) is 12.2 Å². The van der Waals surface area contributed by atoms with Gasteiger partial charge in [0.25, 0.3) is 0 Å². The van der Waals surface area contributed by atoms with Crippen LogP contribution < -0.4 is 10.0 Å². The van der Waals surface area contributed by atoms with Crippen molar-refractivity contribution in [2.45, 2.75) is 0 Å². The van der Waals surface area contributed by atoms with Crippen molar-refractivity contribution in [3.8, 4) is 0 Å². The minimum Gasteiger partial charge on any atom is -0.348 e. The molecule has 12 heavy (non-hydrogen) atoms. The maximum Gasteiger partial charge on any atom is 0.358 e. The van der Waals surface area contributed by atoms with Crippen LogP contribution in [0.25, 0.3) is 0 Å². The summed E-state index contributed by atoms with van der Waals surface area (Å²) in [5.41, 5.74) is 0. The third kappa shape index (κ3) is 3.22. The monoisotopic (exact) mass is 188 g/mol. The SMILES string of the molecule is O=S(=O)(O)NC1=CC=CC=CN1. The molecule has 5 nitrogen and oxygen atoms in total. The lowest BCUT2D eigenvalue weighted by molar-refractivity contribution is 0.472. The van der Waals surface area contributed by atoms with Gasteiger partial charge in [0.15, 0.2) is 0 Å². The van der Waals surface area contributed by atoms with Gasteiger partial charge < -0.3 is 5.32 Å². The molecule has 0 saturated heterocycles. The summed E-state index contributed by atoms with van der Waals surface area (Å²) in [4.78, 5) is 0. The molecule has 0 aromatic carbocycles. The van der Waals surface area contributed by atoms with Crippen LogP contribution in [0, 0.1) is 0 Å². The second kappa shape index (κ2) is 3.42. The largest absolute Gasteiger partial charge is 0.358 e. The lowest BCUT2D eigenvalue weighted by Gasteiger charge is -2.05. The van der Waals surface area contributed by atoms with Crippen LogP contribution in [-0.2, 0) is 10.3 Å². The maximum absolute atomic E-state index is 10.3. The van der Waals surface area contributed by atoms with E-state index in [1.807, 2.05) is 4.72 Å². The van der Waals surface area contributed by atoms with Crippen molar-refractivity contribution in [3.63, 3.8) is 0 Å². The van der Waals surface area contributed by atoms with E-state index in [0.29, 0.717) is 0 Å². The van der Waals surface area contributed by atoms with Gasteiger partial charge in [-0.2, -0.15) is 8.42 Å². The first-order valence-corrected chi connectivity index (χ1v) is 4.57. The molecule has 1 aliphatic heterocycles. The average Bonchev–Trinajstić information content (AvgIpc) is 2.12. The molecule has 0 fully saturated rings. The van der Waals surface area contributed by atoms with E-state index in [4.69, 9.17) is 4.55 Å². The van der Waals surface area contributed by atoms with Crippen molar-refractivity contribution in [2.24, 2.45) is 0 Å². The zero-order valence-corrected chi connectivity index (χ0v) is 6.88. The fourth-order valence-corrected chi connectivity index (χ4v) is 1.06. The topological polar surface area (TPSA) is 78.4 Å². The van der Waals surface area contributed by atoms with Gasteiger partial charge in [-0.25, -0.2) is 4.72 Å². The molecule has 0 unspecified atom stereocenters. The summed E-state index contributed by atoms with van der Waals surface area (Å²) in [5.74, 6) is 0.197. The molecule has 6 heteroatoms. The first-order chi connectivity index (χ1) is 5.58. The Labute approximate surface area is 70.4 Å². The summed E-state index contributed by atoms with van der Waals surface area (Å²) >= 11 is 0. The summed E-state index contributed by atoms with van der Waals surface area (Å²) in [7, 11) is -4.19. The summed E-state index contributed by atoms with van der Waals surface area (Å²) in [6, 6.07) is 0. The fourth-order valence-electron chi connectivity index (χ4n) is 0.660. The predicted molar refractivity (Wildman–Crippen MR) is 44.2 cm³/mol. The minimum atomic E-state index is -4.19. The zero-order valence-electron chi connectivity index (χ0n) is 6.06. The van der Waals surface area contributed by atoms with Gasteiger partial charge in [0.1, 0.15) is 5.82 Å². The van der Waals surface area contributed by atoms with Crippen molar-refractivity contribution in [3.05, 3.63) is 36.3 Å². The molecule has 66 valence electrons. The van der Waals surface area contributed by atoms with Gasteiger partial charge in [0.05, 0.1) is 0 Å². The summed E-state index contributed by atoms with van der Waals surface area (Å²) in [5, 5.41) is 2.61. The van der Waals surface area contributed by atoms with Gasteiger partial charge >= 0.3 is 10.3 Å². The Bertz CT molecular complexity index is 340. The minimum absolute atomic E-state index is 0.197. The molecule has 1 aliphatic rings. The number of rotatable bonds is 2. The van der Waals surface area contributed by atoms with Gasteiger partial charge in [-0.3, -0.25) is 4.55 Å². The fraction of sp³-hybridized carbons (Fsp3) is 0. The van der Waals surface area contributed by atoms with Gasteiger partial charge in [-0.15, -0.1) is 0 Å². The molecule has 0 amide bonds. The van der Waals surface area contributed by atoms with E-state index in [1.165, 1.54) is 12.3 Å². The van der Waals surface area contributed by atoms with E-state index in [2.05, 4.69) is 5.32 Å². The summed E-state index contributed by atoms with van der Waals surface area (Å²) in [6.07, 6.45) is 8.05. The number of nitrogens with one attached hydrogen (secondary N) is 2. The Balaban J connectivity index is 2.71. The molecule has 1 heterocycles. The summed E-state index contributed by atoms with van der Waals surface area (Å²) in [6.45, 7) is 0. The quantitative estimate of drug-likeness (QED) is 0.528. The Morgan fingerprint density at radius 1 is 1.33 bits per heavy atom. The van der Waals surface area contributed by atoms with Crippen molar-refractivity contribution in [2.75, 3.05) is 0 Å².